The largest absolute Gasteiger partial charge is 0.492 e. The maximum absolute atomic E-state index is 13.5. The van der Waals surface area contributed by atoms with Crippen LogP contribution < -0.4 is 4.74 Å². The lowest BCUT2D eigenvalue weighted by Gasteiger charge is -2.12. The fourth-order valence-corrected chi connectivity index (χ4v) is 2.73. The standard InChI is InChI=1S/C19H17F3N2O3/c1-2-26-17(25)14-9-6-10-15-16(14)23-18(19(20,21)22)24(15)11-12-27-13-7-4-3-5-8-13/h3-10H,2,11-12H2,1H3. The van der Waals surface area contributed by atoms with Crippen molar-refractivity contribution in [3.8, 4) is 5.75 Å². The Labute approximate surface area is 153 Å². The molecule has 0 radical (unpaired) electrons. The van der Waals surface area contributed by atoms with E-state index in [0.29, 0.717) is 5.75 Å². The van der Waals surface area contributed by atoms with Crippen molar-refractivity contribution in [2.75, 3.05) is 13.2 Å². The Balaban J connectivity index is 1.96. The minimum Gasteiger partial charge on any atom is -0.492 e. The van der Waals surface area contributed by atoms with Crippen molar-refractivity contribution in [1.29, 1.82) is 0 Å². The summed E-state index contributed by atoms with van der Waals surface area (Å²) in [7, 11) is 0. The zero-order valence-corrected chi connectivity index (χ0v) is 14.5. The van der Waals surface area contributed by atoms with Gasteiger partial charge in [-0.2, -0.15) is 13.2 Å². The molecule has 1 aromatic heterocycles. The number of alkyl halides is 3. The van der Waals surface area contributed by atoms with Crippen LogP contribution in [0.25, 0.3) is 11.0 Å². The van der Waals surface area contributed by atoms with E-state index in [1.54, 1.807) is 31.2 Å². The fraction of sp³-hybridized carbons (Fsp3) is 0.263. The van der Waals surface area contributed by atoms with Gasteiger partial charge in [0.05, 0.1) is 24.2 Å². The Kier molecular flexibility index (Phi) is 5.34. The Morgan fingerprint density at radius 2 is 1.85 bits per heavy atom. The second kappa shape index (κ2) is 7.69. The SMILES string of the molecule is CCOC(=O)c1cccc2c1nc(C(F)(F)F)n2CCOc1ccccc1. The normalized spacial score (nSPS) is 11.6. The van der Waals surface area contributed by atoms with Crippen LogP contribution in [0.2, 0.25) is 0 Å². The van der Waals surface area contributed by atoms with Gasteiger partial charge in [0.15, 0.2) is 0 Å². The van der Waals surface area contributed by atoms with E-state index >= 15 is 0 Å². The summed E-state index contributed by atoms with van der Waals surface area (Å²) in [5, 5.41) is 0. The van der Waals surface area contributed by atoms with Crippen LogP contribution in [0.3, 0.4) is 0 Å². The molecule has 0 N–H and O–H groups in total. The number of carbonyl (C=O) groups excluding carboxylic acids is 1. The fourth-order valence-electron chi connectivity index (χ4n) is 2.73. The van der Waals surface area contributed by atoms with E-state index in [-0.39, 0.29) is 36.4 Å². The maximum atomic E-state index is 13.5. The van der Waals surface area contributed by atoms with Crippen molar-refractivity contribution in [3.05, 3.63) is 59.9 Å². The predicted molar refractivity (Wildman–Crippen MR) is 92.6 cm³/mol. The number of ether oxygens (including phenoxy) is 2. The average Bonchev–Trinajstić information content (AvgIpc) is 3.02. The summed E-state index contributed by atoms with van der Waals surface area (Å²) in [6.07, 6.45) is -4.67. The van der Waals surface area contributed by atoms with Gasteiger partial charge in [-0.1, -0.05) is 24.3 Å². The van der Waals surface area contributed by atoms with Gasteiger partial charge in [0.25, 0.3) is 0 Å². The maximum Gasteiger partial charge on any atom is 0.449 e. The Morgan fingerprint density at radius 3 is 2.52 bits per heavy atom. The number of hydrogen-bond acceptors (Lipinski definition) is 4. The summed E-state index contributed by atoms with van der Waals surface area (Å²) in [5.74, 6) is -1.23. The van der Waals surface area contributed by atoms with Crippen molar-refractivity contribution in [3.63, 3.8) is 0 Å². The van der Waals surface area contributed by atoms with Gasteiger partial charge in [-0.3, -0.25) is 0 Å². The Hall–Kier alpha value is -3.03. The number of rotatable bonds is 6. The molecule has 0 spiro atoms. The highest BCUT2D eigenvalue weighted by Crippen LogP contribution is 2.32. The second-order valence-corrected chi connectivity index (χ2v) is 5.64. The molecule has 142 valence electrons. The molecule has 0 fully saturated rings. The second-order valence-electron chi connectivity index (χ2n) is 5.64. The lowest BCUT2D eigenvalue weighted by Crippen LogP contribution is -2.18. The van der Waals surface area contributed by atoms with Gasteiger partial charge < -0.3 is 14.0 Å². The zero-order chi connectivity index (χ0) is 19.4. The number of nitrogens with zero attached hydrogens (tertiary/aromatic N) is 2. The molecular formula is C19H17F3N2O3. The van der Waals surface area contributed by atoms with Crippen molar-refractivity contribution >= 4 is 17.0 Å². The highest BCUT2D eigenvalue weighted by atomic mass is 19.4. The number of para-hydroxylation sites is 2. The number of hydrogen-bond donors (Lipinski definition) is 0. The number of carbonyl (C=O) groups is 1. The molecule has 1 heterocycles. The molecule has 0 unspecified atom stereocenters. The van der Waals surface area contributed by atoms with Gasteiger partial charge in [0, 0.05) is 0 Å². The van der Waals surface area contributed by atoms with Crippen LogP contribution >= 0.6 is 0 Å². The molecule has 0 amide bonds. The summed E-state index contributed by atoms with van der Waals surface area (Å²) >= 11 is 0. The summed E-state index contributed by atoms with van der Waals surface area (Å²) in [5.41, 5.74) is 0.162. The Morgan fingerprint density at radius 1 is 1.11 bits per heavy atom. The van der Waals surface area contributed by atoms with E-state index in [0.717, 1.165) is 4.57 Å². The van der Waals surface area contributed by atoms with Gasteiger partial charge >= 0.3 is 12.1 Å². The molecule has 0 saturated carbocycles. The van der Waals surface area contributed by atoms with Gasteiger partial charge in [0.2, 0.25) is 5.82 Å². The number of esters is 1. The highest BCUT2D eigenvalue weighted by molar-refractivity contribution is 6.02. The van der Waals surface area contributed by atoms with Gasteiger partial charge in [-0.05, 0) is 31.2 Å². The number of imidazole rings is 1. The first-order valence-electron chi connectivity index (χ1n) is 8.33. The molecular weight excluding hydrogens is 361 g/mol. The highest BCUT2D eigenvalue weighted by Gasteiger charge is 2.38. The van der Waals surface area contributed by atoms with Crippen molar-refractivity contribution < 1.29 is 27.4 Å². The quantitative estimate of drug-likeness (QED) is 0.600. The molecule has 2 aromatic carbocycles. The number of fused-ring (bicyclic) bond motifs is 1. The number of aromatic nitrogens is 2. The summed E-state index contributed by atoms with van der Waals surface area (Å²) in [4.78, 5) is 15.7. The van der Waals surface area contributed by atoms with E-state index < -0.39 is 18.0 Å². The van der Waals surface area contributed by atoms with Crippen LogP contribution in [-0.2, 0) is 17.5 Å². The van der Waals surface area contributed by atoms with Gasteiger partial charge in [0.1, 0.15) is 17.9 Å². The zero-order valence-electron chi connectivity index (χ0n) is 14.5. The van der Waals surface area contributed by atoms with Crippen LogP contribution in [0, 0.1) is 0 Å². The Bertz CT molecular complexity index is 937. The first kappa shape index (κ1) is 18.8. The molecule has 0 aliphatic rings. The first-order valence-corrected chi connectivity index (χ1v) is 8.33. The molecule has 3 aromatic rings. The molecule has 3 rings (SSSR count). The van der Waals surface area contributed by atoms with E-state index in [1.807, 2.05) is 6.07 Å². The van der Waals surface area contributed by atoms with Crippen molar-refractivity contribution in [2.24, 2.45) is 0 Å². The van der Waals surface area contributed by atoms with E-state index in [1.165, 1.54) is 18.2 Å². The van der Waals surface area contributed by atoms with E-state index in [2.05, 4.69) is 4.98 Å². The molecule has 8 heteroatoms. The number of halogens is 3. The van der Waals surface area contributed by atoms with Gasteiger partial charge in [-0.15, -0.1) is 0 Å². The molecule has 0 aliphatic heterocycles. The molecule has 27 heavy (non-hydrogen) atoms. The third kappa shape index (κ3) is 4.05. The minimum atomic E-state index is -4.67. The van der Waals surface area contributed by atoms with Crippen LogP contribution in [0.5, 0.6) is 5.75 Å². The van der Waals surface area contributed by atoms with Crippen molar-refractivity contribution in [2.45, 2.75) is 19.6 Å². The molecule has 0 aliphatic carbocycles. The van der Waals surface area contributed by atoms with Crippen LogP contribution in [0.4, 0.5) is 13.2 Å². The molecule has 0 atom stereocenters. The van der Waals surface area contributed by atoms with Crippen molar-refractivity contribution in [1.82, 2.24) is 9.55 Å². The number of benzene rings is 2. The van der Waals surface area contributed by atoms with Gasteiger partial charge in [-0.25, -0.2) is 9.78 Å². The predicted octanol–water partition coefficient (Wildman–Crippen LogP) is 4.31. The van der Waals surface area contributed by atoms with Crippen LogP contribution in [0.1, 0.15) is 23.1 Å². The summed E-state index contributed by atoms with van der Waals surface area (Å²) < 4.78 is 51.9. The topological polar surface area (TPSA) is 53.3 Å². The van der Waals surface area contributed by atoms with Crippen LogP contribution in [-0.4, -0.2) is 28.7 Å². The average molecular weight is 378 g/mol. The van der Waals surface area contributed by atoms with Crippen LogP contribution in [0.15, 0.2) is 48.5 Å². The molecule has 0 bridgehead atoms. The smallest absolute Gasteiger partial charge is 0.449 e. The molecule has 5 nitrogen and oxygen atoms in total. The minimum absolute atomic E-state index is 0.00239. The van der Waals surface area contributed by atoms with E-state index in [4.69, 9.17) is 9.47 Å². The first-order chi connectivity index (χ1) is 12.9. The lowest BCUT2D eigenvalue weighted by atomic mass is 10.2. The third-order valence-corrected chi connectivity index (χ3v) is 3.85. The third-order valence-electron chi connectivity index (χ3n) is 3.85. The molecule has 0 saturated heterocycles. The van der Waals surface area contributed by atoms with E-state index in [9.17, 15) is 18.0 Å². The summed E-state index contributed by atoms with van der Waals surface area (Å²) in [6, 6.07) is 13.2. The lowest BCUT2D eigenvalue weighted by molar-refractivity contribution is -0.147. The monoisotopic (exact) mass is 378 g/mol. The summed E-state index contributed by atoms with van der Waals surface area (Å²) in [6.45, 7) is 1.68.